The van der Waals surface area contributed by atoms with Gasteiger partial charge in [-0.3, -0.25) is 9.69 Å². The highest BCUT2D eigenvalue weighted by Crippen LogP contribution is 2.27. The van der Waals surface area contributed by atoms with Crippen LogP contribution in [0.2, 0.25) is 0 Å². The maximum atomic E-state index is 13.9. The monoisotopic (exact) mass is 349 g/mol. The van der Waals surface area contributed by atoms with Crippen molar-refractivity contribution in [2.75, 3.05) is 18.5 Å². The van der Waals surface area contributed by atoms with Crippen molar-refractivity contribution in [2.24, 2.45) is 0 Å². The van der Waals surface area contributed by atoms with Crippen molar-refractivity contribution < 1.29 is 19.1 Å². The number of rotatable bonds is 5. The van der Waals surface area contributed by atoms with E-state index in [0.29, 0.717) is 30.2 Å². The van der Waals surface area contributed by atoms with E-state index in [2.05, 4.69) is 4.98 Å². The second-order valence-corrected chi connectivity index (χ2v) is 6.54. The Morgan fingerprint density at radius 2 is 2.25 bits per heavy atom. The number of carbonyl (C=O) groups is 2. The normalized spacial score (nSPS) is 17.7. The van der Waals surface area contributed by atoms with Crippen LogP contribution in [0, 0.1) is 5.82 Å². The smallest absolute Gasteiger partial charge is 0.355 e. The first-order valence-electron chi connectivity index (χ1n) is 7.41. The number of halogens is 1. The Balaban J connectivity index is 1.70. The number of hydrogen-bond donors (Lipinski definition) is 1. The van der Waals surface area contributed by atoms with Gasteiger partial charge in [-0.1, -0.05) is 12.1 Å². The summed E-state index contributed by atoms with van der Waals surface area (Å²) in [4.78, 5) is 30.8. The number of hydrogen-bond acceptors (Lipinski definition) is 5. The van der Waals surface area contributed by atoms with Crippen LogP contribution < -0.4 is 4.90 Å². The molecular formula is C16H16FN3O3S. The summed E-state index contributed by atoms with van der Waals surface area (Å²) >= 11 is 1.25. The van der Waals surface area contributed by atoms with Crippen molar-refractivity contribution >= 4 is 28.9 Å². The number of amides is 1. The van der Waals surface area contributed by atoms with Crippen LogP contribution in [0.1, 0.15) is 21.9 Å². The van der Waals surface area contributed by atoms with Gasteiger partial charge in [-0.25, -0.2) is 14.2 Å². The van der Waals surface area contributed by atoms with E-state index in [4.69, 9.17) is 5.11 Å². The molecule has 2 aromatic rings. The molecule has 6 nitrogen and oxygen atoms in total. The van der Waals surface area contributed by atoms with Gasteiger partial charge in [0.25, 0.3) is 0 Å². The number of nitrogens with zero attached hydrogens (tertiary/aromatic N) is 3. The minimum Gasteiger partial charge on any atom is -0.476 e. The second-order valence-electron chi connectivity index (χ2n) is 5.59. The number of anilines is 1. The number of aromatic nitrogens is 1. The molecule has 1 fully saturated rings. The summed E-state index contributed by atoms with van der Waals surface area (Å²) < 4.78 is 13.9. The zero-order valence-electron chi connectivity index (χ0n) is 13.0. The molecular weight excluding hydrogens is 333 g/mol. The highest BCUT2D eigenvalue weighted by Gasteiger charge is 2.36. The van der Waals surface area contributed by atoms with Gasteiger partial charge in [0.15, 0.2) is 5.69 Å². The molecule has 1 atom stereocenters. The molecule has 2 heterocycles. The molecule has 1 N–H and O–H groups in total. The molecule has 0 radical (unpaired) electrons. The van der Waals surface area contributed by atoms with Crippen molar-refractivity contribution in [1.29, 1.82) is 0 Å². The fourth-order valence-electron chi connectivity index (χ4n) is 2.79. The number of aromatic carboxylic acids is 1. The zero-order chi connectivity index (χ0) is 17.3. The Hall–Kier alpha value is -2.32. The minimum absolute atomic E-state index is 0.00846. The Morgan fingerprint density at radius 3 is 2.92 bits per heavy atom. The van der Waals surface area contributed by atoms with Crippen LogP contribution in [-0.2, 0) is 11.3 Å². The van der Waals surface area contributed by atoms with Crippen molar-refractivity contribution in [3.8, 4) is 0 Å². The fourth-order valence-corrected chi connectivity index (χ4v) is 3.62. The topological polar surface area (TPSA) is 73.7 Å². The van der Waals surface area contributed by atoms with E-state index in [1.54, 1.807) is 25.2 Å². The summed E-state index contributed by atoms with van der Waals surface area (Å²) in [5.41, 5.74) is 0.301. The summed E-state index contributed by atoms with van der Waals surface area (Å²) in [6.07, 6.45) is 0.584. The molecule has 0 aliphatic carbocycles. The molecule has 1 amide bonds. The fraction of sp³-hybridized carbons (Fsp3) is 0.312. The van der Waals surface area contributed by atoms with Crippen molar-refractivity contribution in [1.82, 2.24) is 9.88 Å². The van der Waals surface area contributed by atoms with Gasteiger partial charge in [0, 0.05) is 11.9 Å². The van der Waals surface area contributed by atoms with E-state index in [-0.39, 0.29) is 17.6 Å². The molecule has 0 saturated carbocycles. The van der Waals surface area contributed by atoms with E-state index < -0.39 is 11.8 Å². The molecule has 1 aromatic heterocycles. The molecule has 1 saturated heterocycles. The lowest BCUT2D eigenvalue weighted by atomic mass is 10.2. The molecule has 126 valence electrons. The SMILES string of the molecule is CN(Cc1nc(C(=O)O)cs1)C1CCN(c2ccccc2F)C1=O. The first kappa shape index (κ1) is 16.5. The van der Waals surface area contributed by atoms with Gasteiger partial charge >= 0.3 is 5.97 Å². The van der Waals surface area contributed by atoms with Gasteiger partial charge in [0.2, 0.25) is 5.91 Å². The van der Waals surface area contributed by atoms with E-state index in [1.165, 1.54) is 27.7 Å². The Bertz CT molecular complexity index is 779. The highest BCUT2D eigenvalue weighted by molar-refractivity contribution is 7.09. The summed E-state index contributed by atoms with van der Waals surface area (Å²) in [6, 6.07) is 5.84. The third kappa shape index (κ3) is 3.15. The number of likely N-dealkylation sites (N-methyl/N-ethyl adjacent to an activating group) is 1. The van der Waals surface area contributed by atoms with Gasteiger partial charge in [0.1, 0.15) is 10.8 Å². The predicted octanol–water partition coefficient (Wildman–Crippen LogP) is 2.22. The number of carboxylic acid groups (broad SMARTS) is 1. The molecule has 0 bridgehead atoms. The zero-order valence-corrected chi connectivity index (χ0v) is 13.8. The van der Waals surface area contributed by atoms with Crippen LogP contribution in [0.4, 0.5) is 10.1 Å². The Kier molecular flexibility index (Phi) is 4.59. The van der Waals surface area contributed by atoms with Crippen LogP contribution in [0.15, 0.2) is 29.6 Å². The van der Waals surface area contributed by atoms with Crippen molar-refractivity contribution in [2.45, 2.75) is 19.0 Å². The summed E-state index contributed by atoms with van der Waals surface area (Å²) in [5.74, 6) is -1.64. The summed E-state index contributed by atoms with van der Waals surface area (Å²) in [7, 11) is 1.79. The predicted molar refractivity (Wildman–Crippen MR) is 87.7 cm³/mol. The second kappa shape index (κ2) is 6.66. The number of carboxylic acids is 1. The molecule has 1 unspecified atom stereocenters. The van der Waals surface area contributed by atoms with Gasteiger partial charge < -0.3 is 10.0 Å². The van der Waals surface area contributed by atoms with E-state index in [1.807, 2.05) is 4.90 Å². The van der Waals surface area contributed by atoms with Crippen LogP contribution in [0.5, 0.6) is 0 Å². The lowest BCUT2D eigenvalue weighted by Gasteiger charge is -2.23. The van der Waals surface area contributed by atoms with Crippen molar-refractivity contribution in [3.63, 3.8) is 0 Å². The number of benzene rings is 1. The quantitative estimate of drug-likeness (QED) is 0.896. The van der Waals surface area contributed by atoms with Gasteiger partial charge in [-0.2, -0.15) is 0 Å². The summed E-state index contributed by atoms with van der Waals surface area (Å²) in [6.45, 7) is 0.826. The summed E-state index contributed by atoms with van der Waals surface area (Å²) in [5, 5.41) is 11.0. The van der Waals surface area contributed by atoms with Crippen LogP contribution in [0.3, 0.4) is 0 Å². The maximum Gasteiger partial charge on any atom is 0.355 e. The average Bonchev–Trinajstić information content (AvgIpc) is 3.15. The van der Waals surface area contributed by atoms with Crippen molar-refractivity contribution in [3.05, 3.63) is 46.2 Å². The lowest BCUT2D eigenvalue weighted by Crippen LogP contribution is -2.39. The molecule has 24 heavy (non-hydrogen) atoms. The molecule has 0 spiro atoms. The molecule has 1 aliphatic heterocycles. The first-order chi connectivity index (χ1) is 11.5. The number of para-hydroxylation sites is 1. The largest absolute Gasteiger partial charge is 0.476 e. The maximum absolute atomic E-state index is 13.9. The first-order valence-corrected chi connectivity index (χ1v) is 8.29. The number of carbonyl (C=O) groups excluding carboxylic acids is 1. The molecule has 1 aromatic carbocycles. The van der Waals surface area contributed by atoms with E-state index >= 15 is 0 Å². The lowest BCUT2D eigenvalue weighted by molar-refractivity contribution is -0.121. The molecule has 1 aliphatic rings. The third-order valence-electron chi connectivity index (χ3n) is 4.01. The number of thiazole rings is 1. The minimum atomic E-state index is -1.07. The van der Waals surface area contributed by atoms with E-state index in [9.17, 15) is 14.0 Å². The van der Waals surface area contributed by atoms with E-state index in [0.717, 1.165) is 0 Å². The standard InChI is InChI=1S/C16H16FN3O3S/c1-19(8-14-18-11(9-24-14)16(22)23)13-6-7-20(15(13)21)12-5-3-2-4-10(12)17/h2-5,9,13H,6-8H2,1H3,(H,22,23). The average molecular weight is 349 g/mol. The van der Waals surface area contributed by atoms with Gasteiger partial charge in [-0.15, -0.1) is 11.3 Å². The Labute approximate surface area is 142 Å². The van der Waals surface area contributed by atoms with Gasteiger partial charge in [0.05, 0.1) is 18.3 Å². The van der Waals surface area contributed by atoms with Gasteiger partial charge in [-0.05, 0) is 25.6 Å². The van der Waals surface area contributed by atoms with Crippen LogP contribution in [-0.4, -0.2) is 46.5 Å². The highest BCUT2D eigenvalue weighted by atomic mass is 32.1. The van der Waals surface area contributed by atoms with Crippen LogP contribution in [0.25, 0.3) is 0 Å². The molecule has 3 rings (SSSR count). The van der Waals surface area contributed by atoms with Crippen LogP contribution >= 0.6 is 11.3 Å². The third-order valence-corrected chi connectivity index (χ3v) is 4.84. The Morgan fingerprint density at radius 1 is 1.50 bits per heavy atom. The molecule has 8 heteroatoms.